The highest BCUT2D eigenvalue weighted by Crippen LogP contribution is 2.39. The molecular formula is C20H23FN2O2. The molecule has 1 aliphatic rings. The van der Waals surface area contributed by atoms with Crippen LogP contribution in [0.1, 0.15) is 55.3 Å². The van der Waals surface area contributed by atoms with Crippen molar-refractivity contribution in [3.63, 3.8) is 0 Å². The number of carbonyl (C=O) groups is 1. The van der Waals surface area contributed by atoms with E-state index in [0.29, 0.717) is 25.1 Å². The Labute approximate surface area is 147 Å². The Balaban J connectivity index is 1.99. The summed E-state index contributed by atoms with van der Waals surface area (Å²) >= 11 is 0. The highest BCUT2D eigenvalue weighted by Gasteiger charge is 2.41. The highest BCUT2D eigenvalue weighted by molar-refractivity contribution is 5.77. The van der Waals surface area contributed by atoms with Crippen LogP contribution in [0.2, 0.25) is 0 Å². The summed E-state index contributed by atoms with van der Waals surface area (Å²) in [7, 11) is 0. The van der Waals surface area contributed by atoms with Gasteiger partial charge in [0.05, 0.1) is 23.5 Å². The van der Waals surface area contributed by atoms with E-state index in [9.17, 15) is 14.3 Å². The molecule has 0 fully saturated rings. The third-order valence-electron chi connectivity index (χ3n) is 4.91. The summed E-state index contributed by atoms with van der Waals surface area (Å²) in [6.45, 7) is 6.19. The number of benzene rings is 1. The predicted octanol–water partition coefficient (Wildman–Crippen LogP) is 3.29. The predicted molar refractivity (Wildman–Crippen MR) is 93.2 cm³/mol. The second-order valence-electron chi connectivity index (χ2n) is 6.96. The van der Waals surface area contributed by atoms with Crippen LogP contribution in [0.5, 0.6) is 0 Å². The lowest BCUT2D eigenvalue weighted by atomic mass is 9.95. The molecule has 0 unspecified atom stereocenters. The van der Waals surface area contributed by atoms with Gasteiger partial charge < -0.3 is 10.0 Å². The maximum absolute atomic E-state index is 13.1. The van der Waals surface area contributed by atoms with Gasteiger partial charge in [-0.15, -0.1) is 0 Å². The van der Waals surface area contributed by atoms with Gasteiger partial charge in [-0.25, -0.2) is 4.39 Å². The molecule has 132 valence electrons. The third kappa shape index (κ3) is 3.16. The molecule has 0 aliphatic carbocycles. The van der Waals surface area contributed by atoms with Crippen LogP contribution in [-0.2, 0) is 29.9 Å². The molecule has 0 saturated carbocycles. The van der Waals surface area contributed by atoms with E-state index in [4.69, 9.17) is 0 Å². The molecule has 3 rings (SSSR count). The molecule has 0 saturated heterocycles. The number of amides is 1. The number of hydrogen-bond donors (Lipinski definition) is 1. The number of aliphatic hydroxyl groups is 1. The molecule has 0 atom stereocenters. The molecule has 2 aromatic rings. The monoisotopic (exact) mass is 342 g/mol. The summed E-state index contributed by atoms with van der Waals surface area (Å²) in [5, 5.41) is 9.76. The molecule has 1 aromatic carbocycles. The lowest BCUT2D eigenvalue weighted by molar-refractivity contribution is -0.136. The summed E-state index contributed by atoms with van der Waals surface area (Å²) < 4.78 is 13.1. The van der Waals surface area contributed by atoms with Crippen molar-refractivity contribution in [1.29, 1.82) is 0 Å². The molecule has 0 spiro atoms. The molecule has 4 nitrogen and oxygen atoms in total. The first-order valence-corrected chi connectivity index (χ1v) is 8.54. The zero-order valence-corrected chi connectivity index (χ0v) is 14.8. The Morgan fingerprint density at radius 3 is 2.60 bits per heavy atom. The number of hydrogen-bond acceptors (Lipinski definition) is 3. The molecular weight excluding hydrogens is 319 g/mol. The summed E-state index contributed by atoms with van der Waals surface area (Å²) in [4.78, 5) is 18.8. The van der Waals surface area contributed by atoms with Crippen molar-refractivity contribution in [2.24, 2.45) is 0 Å². The van der Waals surface area contributed by atoms with Gasteiger partial charge in [-0.2, -0.15) is 0 Å². The van der Waals surface area contributed by atoms with Crippen LogP contribution in [0, 0.1) is 5.82 Å². The number of halogens is 1. The molecule has 5 heteroatoms. The standard InChI is InChI=1S/C20H23FN2O2/c1-4-18(25)23-11-15-10-14(9-13-5-7-16(21)8-6-13)17(12-24)22-19(15)20(23,2)3/h5-8,10,24H,4,9,11-12H2,1-3H3. The molecule has 0 radical (unpaired) electrons. The van der Waals surface area contributed by atoms with Gasteiger partial charge in [-0.05, 0) is 55.2 Å². The van der Waals surface area contributed by atoms with Crippen molar-refractivity contribution in [3.05, 3.63) is 64.2 Å². The second kappa shape index (κ2) is 6.56. The fraction of sp³-hybridized carbons (Fsp3) is 0.400. The van der Waals surface area contributed by atoms with E-state index in [1.165, 1.54) is 12.1 Å². The Kier molecular flexibility index (Phi) is 4.60. The smallest absolute Gasteiger partial charge is 0.223 e. The molecule has 1 amide bonds. The molecule has 0 bridgehead atoms. The lowest BCUT2D eigenvalue weighted by Gasteiger charge is -2.31. The number of pyridine rings is 1. The van der Waals surface area contributed by atoms with E-state index in [1.807, 2.05) is 31.7 Å². The largest absolute Gasteiger partial charge is 0.390 e. The van der Waals surface area contributed by atoms with Gasteiger partial charge >= 0.3 is 0 Å². The van der Waals surface area contributed by atoms with Gasteiger partial charge in [-0.1, -0.05) is 19.1 Å². The van der Waals surface area contributed by atoms with Gasteiger partial charge in [0.25, 0.3) is 0 Å². The summed E-state index contributed by atoms with van der Waals surface area (Å²) in [6.07, 6.45) is 1.02. The van der Waals surface area contributed by atoms with Gasteiger partial charge in [-0.3, -0.25) is 9.78 Å². The number of nitrogens with zero attached hydrogens (tertiary/aromatic N) is 2. The quantitative estimate of drug-likeness (QED) is 0.928. The third-order valence-corrected chi connectivity index (χ3v) is 4.91. The zero-order chi connectivity index (χ0) is 18.2. The summed E-state index contributed by atoms with van der Waals surface area (Å²) in [6, 6.07) is 8.36. The maximum Gasteiger partial charge on any atom is 0.223 e. The maximum atomic E-state index is 13.1. The van der Waals surface area contributed by atoms with Crippen LogP contribution < -0.4 is 0 Å². The van der Waals surface area contributed by atoms with Gasteiger partial charge in [0.2, 0.25) is 5.91 Å². The minimum absolute atomic E-state index is 0.0913. The van der Waals surface area contributed by atoms with Crippen molar-refractivity contribution in [2.75, 3.05) is 0 Å². The average molecular weight is 342 g/mol. The number of rotatable bonds is 4. The van der Waals surface area contributed by atoms with E-state index in [1.54, 1.807) is 12.1 Å². The van der Waals surface area contributed by atoms with Crippen LogP contribution in [0.25, 0.3) is 0 Å². The van der Waals surface area contributed by atoms with E-state index in [2.05, 4.69) is 4.98 Å². The van der Waals surface area contributed by atoms with E-state index < -0.39 is 5.54 Å². The summed E-state index contributed by atoms with van der Waals surface area (Å²) in [5.41, 5.74) is 3.86. The minimum atomic E-state index is -0.485. The molecule has 1 aliphatic heterocycles. The first-order valence-electron chi connectivity index (χ1n) is 8.54. The normalized spacial score (nSPS) is 15.3. The van der Waals surface area contributed by atoms with Crippen molar-refractivity contribution >= 4 is 5.91 Å². The Bertz CT molecular complexity index is 800. The van der Waals surface area contributed by atoms with E-state index in [0.717, 1.165) is 22.4 Å². The SMILES string of the molecule is CCC(=O)N1Cc2cc(Cc3ccc(F)cc3)c(CO)nc2C1(C)C. The van der Waals surface area contributed by atoms with E-state index >= 15 is 0 Å². The number of aliphatic hydroxyl groups excluding tert-OH is 1. The summed E-state index contributed by atoms with van der Waals surface area (Å²) in [5.74, 6) is -0.178. The van der Waals surface area contributed by atoms with E-state index in [-0.39, 0.29) is 18.3 Å². The highest BCUT2D eigenvalue weighted by atomic mass is 19.1. The van der Waals surface area contributed by atoms with Crippen molar-refractivity contribution < 1.29 is 14.3 Å². The van der Waals surface area contributed by atoms with Crippen molar-refractivity contribution in [1.82, 2.24) is 9.88 Å². The Morgan fingerprint density at radius 1 is 1.32 bits per heavy atom. The zero-order valence-electron chi connectivity index (χ0n) is 14.8. The molecule has 1 N–H and O–H groups in total. The fourth-order valence-electron chi connectivity index (χ4n) is 3.49. The molecule has 1 aromatic heterocycles. The van der Waals surface area contributed by atoms with Gasteiger partial charge in [0, 0.05) is 13.0 Å². The average Bonchev–Trinajstić information content (AvgIpc) is 2.86. The Hall–Kier alpha value is -2.27. The first kappa shape index (κ1) is 17.5. The molecule has 25 heavy (non-hydrogen) atoms. The first-order chi connectivity index (χ1) is 11.9. The number of carbonyl (C=O) groups excluding carboxylic acids is 1. The van der Waals surface area contributed by atoms with Gasteiger partial charge in [0.15, 0.2) is 0 Å². The van der Waals surface area contributed by atoms with Crippen molar-refractivity contribution in [2.45, 2.75) is 52.3 Å². The van der Waals surface area contributed by atoms with Crippen LogP contribution >= 0.6 is 0 Å². The van der Waals surface area contributed by atoms with Crippen molar-refractivity contribution in [3.8, 4) is 0 Å². The topological polar surface area (TPSA) is 53.4 Å². The van der Waals surface area contributed by atoms with Crippen LogP contribution in [0.4, 0.5) is 4.39 Å². The van der Waals surface area contributed by atoms with Gasteiger partial charge in [0.1, 0.15) is 5.82 Å². The van der Waals surface area contributed by atoms with Crippen LogP contribution in [0.3, 0.4) is 0 Å². The lowest BCUT2D eigenvalue weighted by Crippen LogP contribution is -2.40. The Morgan fingerprint density at radius 2 is 2.00 bits per heavy atom. The molecule has 2 heterocycles. The number of fused-ring (bicyclic) bond motifs is 1. The fourth-order valence-corrected chi connectivity index (χ4v) is 3.49. The minimum Gasteiger partial charge on any atom is -0.390 e. The van der Waals surface area contributed by atoms with Crippen LogP contribution in [0.15, 0.2) is 30.3 Å². The number of aromatic nitrogens is 1. The van der Waals surface area contributed by atoms with Crippen LogP contribution in [-0.4, -0.2) is 20.9 Å². The second-order valence-corrected chi connectivity index (χ2v) is 6.96.